The van der Waals surface area contributed by atoms with Gasteiger partial charge in [-0.3, -0.25) is 0 Å². The van der Waals surface area contributed by atoms with Crippen LogP contribution in [0.2, 0.25) is 0 Å². The number of nitrogens with one attached hydrogen (secondary N) is 1. The van der Waals surface area contributed by atoms with Gasteiger partial charge < -0.3 is 19.9 Å². The van der Waals surface area contributed by atoms with Gasteiger partial charge in [-0.05, 0) is 18.9 Å². The van der Waals surface area contributed by atoms with Crippen LogP contribution in [0.15, 0.2) is 30.3 Å². The first kappa shape index (κ1) is 14.5. The molecule has 1 aromatic carbocycles. The lowest BCUT2D eigenvalue weighted by Crippen LogP contribution is -2.37. The first-order valence-corrected chi connectivity index (χ1v) is 6.91. The fourth-order valence-electron chi connectivity index (χ4n) is 2.13. The number of aliphatic hydroxyl groups excluding tert-OH is 1. The van der Waals surface area contributed by atoms with Crippen molar-refractivity contribution >= 4 is 0 Å². The lowest BCUT2D eigenvalue weighted by molar-refractivity contribution is -0.00298. The van der Waals surface area contributed by atoms with Gasteiger partial charge in [0.05, 0.1) is 25.4 Å². The van der Waals surface area contributed by atoms with Gasteiger partial charge in [0.1, 0.15) is 0 Å². The van der Waals surface area contributed by atoms with Crippen molar-refractivity contribution in [1.29, 1.82) is 0 Å². The topological polar surface area (TPSA) is 50.7 Å². The molecule has 0 aliphatic carbocycles. The number of benzene rings is 1. The Morgan fingerprint density at radius 1 is 1.42 bits per heavy atom. The Morgan fingerprint density at radius 3 is 2.89 bits per heavy atom. The average Bonchev–Trinajstić information content (AvgIpc) is 2.96. The molecule has 1 aliphatic heterocycles. The monoisotopic (exact) mass is 265 g/mol. The SMILES string of the molecule is CC(OCC(O)CNC1CCOC1)c1ccccc1. The number of rotatable bonds is 7. The molecule has 0 saturated carbocycles. The molecule has 3 atom stereocenters. The minimum Gasteiger partial charge on any atom is -0.389 e. The third-order valence-electron chi connectivity index (χ3n) is 3.38. The maximum Gasteiger partial charge on any atom is 0.0898 e. The quantitative estimate of drug-likeness (QED) is 0.784. The Bertz CT molecular complexity index is 352. The highest BCUT2D eigenvalue weighted by atomic mass is 16.5. The Balaban J connectivity index is 1.64. The lowest BCUT2D eigenvalue weighted by Gasteiger charge is -2.18. The molecule has 0 spiro atoms. The number of hydrogen-bond donors (Lipinski definition) is 2. The highest BCUT2D eigenvalue weighted by molar-refractivity contribution is 5.16. The molecule has 1 aliphatic rings. The number of aliphatic hydroxyl groups is 1. The summed E-state index contributed by atoms with van der Waals surface area (Å²) in [5.74, 6) is 0. The second kappa shape index (κ2) is 7.60. The summed E-state index contributed by atoms with van der Waals surface area (Å²) in [5.41, 5.74) is 1.13. The molecule has 2 N–H and O–H groups in total. The van der Waals surface area contributed by atoms with Crippen molar-refractivity contribution in [3.05, 3.63) is 35.9 Å². The third-order valence-corrected chi connectivity index (χ3v) is 3.38. The first-order chi connectivity index (χ1) is 9.25. The highest BCUT2D eigenvalue weighted by Gasteiger charge is 2.16. The molecule has 0 radical (unpaired) electrons. The van der Waals surface area contributed by atoms with Gasteiger partial charge in [0.25, 0.3) is 0 Å². The van der Waals surface area contributed by atoms with Crippen molar-refractivity contribution in [2.75, 3.05) is 26.4 Å². The van der Waals surface area contributed by atoms with Gasteiger partial charge >= 0.3 is 0 Å². The van der Waals surface area contributed by atoms with Crippen LogP contribution in [0.4, 0.5) is 0 Å². The molecular formula is C15H23NO3. The molecule has 3 unspecified atom stereocenters. The summed E-state index contributed by atoms with van der Waals surface area (Å²) < 4.78 is 11.0. The van der Waals surface area contributed by atoms with Crippen molar-refractivity contribution < 1.29 is 14.6 Å². The molecule has 1 saturated heterocycles. The zero-order chi connectivity index (χ0) is 13.5. The molecule has 106 valence electrons. The predicted molar refractivity (Wildman–Crippen MR) is 74.0 cm³/mol. The Hall–Kier alpha value is -0.940. The fraction of sp³-hybridized carbons (Fsp3) is 0.600. The molecule has 0 amide bonds. The summed E-state index contributed by atoms with van der Waals surface area (Å²) in [6.07, 6.45) is 0.547. The molecule has 4 nitrogen and oxygen atoms in total. The van der Waals surface area contributed by atoms with Crippen molar-refractivity contribution in [3.63, 3.8) is 0 Å². The van der Waals surface area contributed by atoms with E-state index >= 15 is 0 Å². The third kappa shape index (κ3) is 4.91. The summed E-state index contributed by atoms with van der Waals surface area (Å²) in [4.78, 5) is 0. The summed E-state index contributed by atoms with van der Waals surface area (Å²) in [6.45, 7) is 4.45. The molecule has 1 fully saturated rings. The van der Waals surface area contributed by atoms with Crippen LogP contribution in [-0.4, -0.2) is 43.6 Å². The second-order valence-electron chi connectivity index (χ2n) is 5.01. The Morgan fingerprint density at radius 2 is 2.21 bits per heavy atom. The van der Waals surface area contributed by atoms with Crippen molar-refractivity contribution in [2.24, 2.45) is 0 Å². The van der Waals surface area contributed by atoms with Crippen molar-refractivity contribution in [2.45, 2.75) is 31.6 Å². The minimum absolute atomic E-state index is 0.00524. The van der Waals surface area contributed by atoms with Gasteiger partial charge in [0.2, 0.25) is 0 Å². The van der Waals surface area contributed by atoms with E-state index in [1.807, 2.05) is 37.3 Å². The second-order valence-corrected chi connectivity index (χ2v) is 5.01. The molecule has 1 aromatic rings. The fourth-order valence-corrected chi connectivity index (χ4v) is 2.13. The Kier molecular flexibility index (Phi) is 5.79. The van der Waals surface area contributed by atoms with E-state index < -0.39 is 6.10 Å². The van der Waals surface area contributed by atoms with Crippen LogP contribution in [-0.2, 0) is 9.47 Å². The highest BCUT2D eigenvalue weighted by Crippen LogP contribution is 2.15. The zero-order valence-corrected chi connectivity index (χ0v) is 11.4. The summed E-state index contributed by atoms with van der Waals surface area (Å²) in [7, 11) is 0. The first-order valence-electron chi connectivity index (χ1n) is 6.91. The van der Waals surface area contributed by atoms with Crippen LogP contribution >= 0.6 is 0 Å². The van der Waals surface area contributed by atoms with E-state index in [0.29, 0.717) is 19.2 Å². The number of ether oxygens (including phenoxy) is 2. The van der Waals surface area contributed by atoms with Gasteiger partial charge in [-0.15, -0.1) is 0 Å². The molecule has 2 rings (SSSR count). The molecule has 1 heterocycles. The molecule has 0 aromatic heterocycles. The minimum atomic E-state index is -0.480. The summed E-state index contributed by atoms with van der Waals surface area (Å²) >= 11 is 0. The standard InChI is InChI=1S/C15H23NO3/c1-12(13-5-3-2-4-6-13)19-11-15(17)9-16-14-7-8-18-10-14/h2-6,12,14-17H,7-11H2,1H3. The van der Waals surface area contributed by atoms with E-state index in [0.717, 1.165) is 25.2 Å². The largest absolute Gasteiger partial charge is 0.389 e. The van der Waals surface area contributed by atoms with Gasteiger partial charge in [-0.2, -0.15) is 0 Å². The Labute approximate surface area is 114 Å². The van der Waals surface area contributed by atoms with Gasteiger partial charge in [-0.1, -0.05) is 30.3 Å². The van der Waals surface area contributed by atoms with Crippen LogP contribution in [0, 0.1) is 0 Å². The smallest absolute Gasteiger partial charge is 0.0898 e. The lowest BCUT2D eigenvalue weighted by atomic mass is 10.1. The molecule has 0 bridgehead atoms. The number of hydrogen-bond acceptors (Lipinski definition) is 4. The van der Waals surface area contributed by atoms with Crippen molar-refractivity contribution in [3.8, 4) is 0 Å². The zero-order valence-electron chi connectivity index (χ0n) is 11.4. The summed E-state index contributed by atoms with van der Waals surface area (Å²) in [5, 5.41) is 13.2. The van der Waals surface area contributed by atoms with Crippen LogP contribution in [0.3, 0.4) is 0 Å². The molecular weight excluding hydrogens is 242 g/mol. The van der Waals surface area contributed by atoms with E-state index in [2.05, 4.69) is 5.32 Å². The molecule has 19 heavy (non-hydrogen) atoms. The van der Waals surface area contributed by atoms with Crippen LogP contribution < -0.4 is 5.32 Å². The van der Waals surface area contributed by atoms with Crippen molar-refractivity contribution in [1.82, 2.24) is 5.32 Å². The summed E-state index contributed by atoms with van der Waals surface area (Å²) in [6, 6.07) is 10.4. The van der Waals surface area contributed by atoms with Crippen LogP contribution in [0.1, 0.15) is 25.0 Å². The van der Waals surface area contributed by atoms with Gasteiger partial charge in [-0.25, -0.2) is 0 Å². The van der Waals surface area contributed by atoms with E-state index in [1.165, 1.54) is 0 Å². The van der Waals surface area contributed by atoms with E-state index in [9.17, 15) is 5.11 Å². The average molecular weight is 265 g/mol. The van der Waals surface area contributed by atoms with Gasteiger partial charge in [0, 0.05) is 19.2 Å². The van der Waals surface area contributed by atoms with E-state index in [1.54, 1.807) is 0 Å². The van der Waals surface area contributed by atoms with Crippen LogP contribution in [0.25, 0.3) is 0 Å². The molecule has 4 heteroatoms. The maximum atomic E-state index is 9.88. The predicted octanol–water partition coefficient (Wildman–Crippen LogP) is 1.50. The van der Waals surface area contributed by atoms with E-state index in [4.69, 9.17) is 9.47 Å². The van der Waals surface area contributed by atoms with E-state index in [-0.39, 0.29) is 6.10 Å². The maximum absolute atomic E-state index is 9.88. The van der Waals surface area contributed by atoms with Crippen LogP contribution in [0.5, 0.6) is 0 Å². The normalized spacial score (nSPS) is 22.3. The van der Waals surface area contributed by atoms with Gasteiger partial charge in [0.15, 0.2) is 0 Å².